The predicted octanol–water partition coefficient (Wildman–Crippen LogP) is 2.81. The Balaban J connectivity index is 1.77. The number of nitrogens with zero attached hydrogens (tertiary/aromatic N) is 2. The monoisotopic (exact) mass is 294 g/mol. The molecule has 0 bridgehead atoms. The van der Waals surface area contributed by atoms with E-state index in [0.717, 1.165) is 33.7 Å². The Labute approximate surface area is 128 Å². The molecule has 2 heterocycles. The van der Waals surface area contributed by atoms with E-state index in [1.165, 1.54) is 0 Å². The lowest BCUT2D eigenvalue weighted by molar-refractivity contribution is 0.0951. The van der Waals surface area contributed by atoms with Crippen molar-refractivity contribution >= 4 is 16.8 Å². The minimum atomic E-state index is -0.0949. The van der Waals surface area contributed by atoms with Crippen molar-refractivity contribution in [3.63, 3.8) is 0 Å². The molecule has 0 spiro atoms. The summed E-state index contributed by atoms with van der Waals surface area (Å²) in [5, 5.41) is 3.97. The molecule has 0 unspecified atom stereocenters. The van der Waals surface area contributed by atoms with Gasteiger partial charge in [-0.3, -0.25) is 4.79 Å². The van der Waals surface area contributed by atoms with Gasteiger partial charge in [-0.1, -0.05) is 0 Å². The molecule has 5 nitrogen and oxygen atoms in total. The zero-order chi connectivity index (χ0) is 15.7. The Bertz CT molecular complexity index is 828. The maximum absolute atomic E-state index is 12.3. The normalized spacial score (nSPS) is 10.9. The van der Waals surface area contributed by atoms with Crippen LogP contribution in [0, 0.1) is 20.8 Å². The van der Waals surface area contributed by atoms with Crippen LogP contribution in [0.5, 0.6) is 0 Å². The lowest BCUT2D eigenvalue weighted by Crippen LogP contribution is -2.24. The second-order valence-electron chi connectivity index (χ2n) is 5.38. The highest BCUT2D eigenvalue weighted by Gasteiger charge is 2.10. The third-order valence-corrected chi connectivity index (χ3v) is 3.77. The number of H-pyrrole nitrogens is 1. The van der Waals surface area contributed by atoms with Gasteiger partial charge in [-0.05, 0) is 45.0 Å². The maximum Gasteiger partial charge on any atom is 0.251 e. The Morgan fingerprint density at radius 3 is 2.59 bits per heavy atom. The van der Waals surface area contributed by atoms with Crippen LogP contribution in [-0.4, -0.2) is 20.9 Å². The van der Waals surface area contributed by atoms with Crippen LogP contribution in [0.4, 0.5) is 0 Å². The van der Waals surface area contributed by atoms with E-state index in [9.17, 15) is 4.79 Å². The zero-order valence-corrected chi connectivity index (χ0v) is 12.9. The van der Waals surface area contributed by atoms with E-state index in [2.05, 4.69) is 20.3 Å². The van der Waals surface area contributed by atoms with Gasteiger partial charge in [-0.2, -0.15) is 0 Å². The Morgan fingerprint density at radius 2 is 1.86 bits per heavy atom. The van der Waals surface area contributed by atoms with Crippen LogP contribution in [0.1, 0.15) is 33.1 Å². The molecule has 0 aliphatic carbocycles. The van der Waals surface area contributed by atoms with Crippen LogP contribution in [-0.2, 0) is 6.54 Å². The van der Waals surface area contributed by atoms with Crippen LogP contribution in [0.25, 0.3) is 10.9 Å². The molecule has 0 atom stereocenters. The molecule has 0 aliphatic rings. The standard InChI is InChI=1S/C17H18N4O/c1-10-15(11(2)21-12(3)20-10)9-19-17(22)14-4-5-16-13(8-14)6-7-18-16/h4-8,18H,9H2,1-3H3,(H,19,22). The smallest absolute Gasteiger partial charge is 0.251 e. The molecule has 3 rings (SSSR count). The zero-order valence-electron chi connectivity index (χ0n) is 12.9. The number of aromatic nitrogens is 3. The fourth-order valence-corrected chi connectivity index (χ4v) is 2.63. The highest BCUT2D eigenvalue weighted by atomic mass is 16.1. The largest absolute Gasteiger partial charge is 0.361 e. The first-order chi connectivity index (χ1) is 10.5. The van der Waals surface area contributed by atoms with Gasteiger partial charge >= 0.3 is 0 Å². The van der Waals surface area contributed by atoms with E-state index in [4.69, 9.17) is 0 Å². The molecule has 3 aromatic rings. The average Bonchev–Trinajstić information content (AvgIpc) is 2.93. The lowest BCUT2D eigenvalue weighted by atomic mass is 10.1. The molecule has 0 saturated heterocycles. The number of rotatable bonds is 3. The average molecular weight is 294 g/mol. The molecular weight excluding hydrogens is 276 g/mol. The first kappa shape index (κ1) is 14.3. The first-order valence-electron chi connectivity index (χ1n) is 7.20. The molecule has 0 fully saturated rings. The number of fused-ring (bicyclic) bond motifs is 1. The van der Waals surface area contributed by atoms with E-state index in [0.29, 0.717) is 12.1 Å². The van der Waals surface area contributed by atoms with Crippen LogP contribution < -0.4 is 5.32 Å². The number of hydrogen-bond donors (Lipinski definition) is 2. The number of carbonyl (C=O) groups is 1. The Kier molecular flexibility index (Phi) is 3.63. The summed E-state index contributed by atoms with van der Waals surface area (Å²) >= 11 is 0. The van der Waals surface area contributed by atoms with Gasteiger partial charge in [-0.15, -0.1) is 0 Å². The van der Waals surface area contributed by atoms with E-state index in [1.54, 1.807) is 0 Å². The molecule has 22 heavy (non-hydrogen) atoms. The molecule has 0 radical (unpaired) electrons. The summed E-state index contributed by atoms with van der Waals surface area (Å²) in [4.78, 5) is 24.1. The van der Waals surface area contributed by atoms with Gasteiger partial charge in [0.05, 0.1) is 0 Å². The minimum Gasteiger partial charge on any atom is -0.361 e. The summed E-state index contributed by atoms with van der Waals surface area (Å²) in [6.45, 7) is 6.18. The molecule has 1 amide bonds. The summed E-state index contributed by atoms with van der Waals surface area (Å²) in [6, 6.07) is 7.57. The van der Waals surface area contributed by atoms with Crippen molar-refractivity contribution in [2.45, 2.75) is 27.3 Å². The summed E-state index contributed by atoms with van der Waals surface area (Å²) in [7, 11) is 0. The van der Waals surface area contributed by atoms with Gasteiger partial charge in [-0.25, -0.2) is 9.97 Å². The molecule has 1 aromatic carbocycles. The molecular formula is C17H18N4O. The highest BCUT2D eigenvalue weighted by Crippen LogP contribution is 2.15. The number of nitrogens with one attached hydrogen (secondary N) is 2. The van der Waals surface area contributed by atoms with E-state index >= 15 is 0 Å². The predicted molar refractivity (Wildman–Crippen MR) is 85.7 cm³/mol. The van der Waals surface area contributed by atoms with E-state index < -0.39 is 0 Å². The third kappa shape index (κ3) is 2.70. The topological polar surface area (TPSA) is 70.7 Å². The summed E-state index contributed by atoms with van der Waals surface area (Å²) in [6.07, 6.45) is 1.86. The second-order valence-corrected chi connectivity index (χ2v) is 5.38. The summed E-state index contributed by atoms with van der Waals surface area (Å²) < 4.78 is 0. The van der Waals surface area contributed by atoms with E-state index in [1.807, 2.05) is 51.2 Å². The van der Waals surface area contributed by atoms with Gasteiger partial charge < -0.3 is 10.3 Å². The van der Waals surface area contributed by atoms with Crippen molar-refractivity contribution in [2.24, 2.45) is 0 Å². The van der Waals surface area contributed by atoms with Crippen LogP contribution in [0.2, 0.25) is 0 Å². The second kappa shape index (κ2) is 5.60. The van der Waals surface area contributed by atoms with Crippen molar-refractivity contribution in [3.8, 4) is 0 Å². The van der Waals surface area contributed by atoms with E-state index in [-0.39, 0.29) is 5.91 Å². The fourth-order valence-electron chi connectivity index (χ4n) is 2.63. The molecule has 2 N–H and O–H groups in total. The van der Waals surface area contributed by atoms with Crippen LogP contribution >= 0.6 is 0 Å². The Morgan fingerprint density at radius 1 is 1.14 bits per heavy atom. The highest BCUT2D eigenvalue weighted by molar-refractivity contribution is 5.98. The van der Waals surface area contributed by atoms with Gasteiger partial charge in [0.25, 0.3) is 5.91 Å². The minimum absolute atomic E-state index is 0.0949. The van der Waals surface area contributed by atoms with Gasteiger partial charge in [0.15, 0.2) is 0 Å². The number of aromatic amines is 1. The number of hydrogen-bond acceptors (Lipinski definition) is 3. The quantitative estimate of drug-likeness (QED) is 0.780. The third-order valence-electron chi connectivity index (χ3n) is 3.77. The number of benzene rings is 1. The lowest BCUT2D eigenvalue weighted by Gasteiger charge is -2.11. The summed E-state index contributed by atoms with van der Waals surface area (Å²) in [5.74, 6) is 0.658. The Hall–Kier alpha value is -2.69. The van der Waals surface area contributed by atoms with Crippen molar-refractivity contribution in [2.75, 3.05) is 0 Å². The van der Waals surface area contributed by atoms with Crippen LogP contribution in [0.15, 0.2) is 30.5 Å². The first-order valence-corrected chi connectivity index (χ1v) is 7.20. The summed E-state index contributed by atoms with van der Waals surface area (Å²) in [5.41, 5.74) is 4.46. The van der Waals surface area contributed by atoms with Crippen molar-refractivity contribution < 1.29 is 4.79 Å². The van der Waals surface area contributed by atoms with Crippen LogP contribution in [0.3, 0.4) is 0 Å². The number of aryl methyl sites for hydroxylation is 3. The SMILES string of the molecule is Cc1nc(C)c(CNC(=O)c2ccc3[nH]ccc3c2)c(C)n1. The molecule has 112 valence electrons. The molecule has 5 heteroatoms. The number of amides is 1. The van der Waals surface area contributed by atoms with Crippen molar-refractivity contribution in [1.29, 1.82) is 0 Å². The number of carbonyl (C=O) groups excluding carboxylic acids is 1. The molecule has 0 aliphatic heterocycles. The molecule has 0 saturated carbocycles. The maximum atomic E-state index is 12.3. The molecule has 2 aromatic heterocycles. The fraction of sp³-hybridized carbons (Fsp3) is 0.235. The van der Waals surface area contributed by atoms with Crippen molar-refractivity contribution in [3.05, 3.63) is 58.8 Å². The van der Waals surface area contributed by atoms with Gasteiger partial charge in [0.2, 0.25) is 0 Å². The van der Waals surface area contributed by atoms with Gasteiger partial charge in [0.1, 0.15) is 5.82 Å². The van der Waals surface area contributed by atoms with Crippen molar-refractivity contribution in [1.82, 2.24) is 20.3 Å². The van der Waals surface area contributed by atoms with Gasteiger partial charge in [0, 0.05) is 46.2 Å².